The first-order valence-electron chi connectivity index (χ1n) is 6.45. The number of fused-ring (bicyclic) bond motifs is 1. The van der Waals surface area contributed by atoms with Crippen LogP contribution in [-0.2, 0) is 10.0 Å². The Kier molecular flexibility index (Phi) is 3.44. The van der Waals surface area contributed by atoms with E-state index in [0.717, 1.165) is 18.2 Å². The number of hydrogen-bond acceptors (Lipinski definition) is 3. The zero-order valence-electron chi connectivity index (χ0n) is 10.8. The van der Waals surface area contributed by atoms with Crippen LogP contribution in [0.5, 0.6) is 0 Å². The summed E-state index contributed by atoms with van der Waals surface area (Å²) in [7, 11) is -3.53. The SMILES string of the molecule is O=S(=O)(NCC1(CCl)CC1)c1cccc2cnccc12. The highest BCUT2D eigenvalue weighted by atomic mass is 35.5. The van der Waals surface area contributed by atoms with Crippen molar-refractivity contribution in [3.05, 3.63) is 36.7 Å². The lowest BCUT2D eigenvalue weighted by Crippen LogP contribution is -2.31. The molecule has 0 amide bonds. The molecular weight excluding hydrogens is 296 g/mol. The standard InChI is InChI=1S/C14H15ClN2O2S/c15-9-14(5-6-14)10-17-20(18,19)13-3-1-2-11-8-16-7-4-12(11)13/h1-4,7-8,17H,5-6,9-10H2. The summed E-state index contributed by atoms with van der Waals surface area (Å²) in [6.45, 7) is 0.403. The van der Waals surface area contributed by atoms with Gasteiger partial charge in [-0.3, -0.25) is 4.98 Å². The second-order valence-electron chi connectivity index (χ2n) is 5.31. The number of rotatable bonds is 5. The van der Waals surface area contributed by atoms with Gasteiger partial charge >= 0.3 is 0 Å². The maximum Gasteiger partial charge on any atom is 0.241 e. The Bertz CT molecular complexity index is 736. The maximum atomic E-state index is 12.5. The van der Waals surface area contributed by atoms with Crippen molar-refractivity contribution < 1.29 is 8.42 Å². The molecule has 1 aliphatic carbocycles. The lowest BCUT2D eigenvalue weighted by atomic mass is 10.1. The molecule has 4 nitrogen and oxygen atoms in total. The van der Waals surface area contributed by atoms with Gasteiger partial charge in [0.15, 0.2) is 0 Å². The zero-order chi connectivity index (χ0) is 14.2. The Hall–Kier alpha value is -1.17. The van der Waals surface area contributed by atoms with Crippen molar-refractivity contribution in [2.45, 2.75) is 17.7 Å². The zero-order valence-corrected chi connectivity index (χ0v) is 12.4. The minimum atomic E-state index is -3.53. The van der Waals surface area contributed by atoms with E-state index >= 15 is 0 Å². The molecule has 1 fully saturated rings. The number of halogens is 1. The number of nitrogens with zero attached hydrogens (tertiary/aromatic N) is 1. The van der Waals surface area contributed by atoms with Crippen LogP contribution < -0.4 is 4.72 Å². The number of pyridine rings is 1. The number of nitrogens with one attached hydrogen (secondary N) is 1. The third-order valence-electron chi connectivity index (χ3n) is 3.81. The Morgan fingerprint density at radius 1 is 1.30 bits per heavy atom. The lowest BCUT2D eigenvalue weighted by Gasteiger charge is -2.14. The molecule has 0 spiro atoms. The number of alkyl halides is 1. The fourth-order valence-electron chi connectivity index (χ4n) is 2.19. The van der Waals surface area contributed by atoms with Crippen molar-refractivity contribution in [3.8, 4) is 0 Å². The maximum absolute atomic E-state index is 12.5. The fraction of sp³-hybridized carbons (Fsp3) is 0.357. The van der Waals surface area contributed by atoms with Crippen LogP contribution in [0, 0.1) is 5.41 Å². The minimum Gasteiger partial charge on any atom is -0.264 e. The van der Waals surface area contributed by atoms with Gasteiger partial charge in [-0.1, -0.05) is 12.1 Å². The van der Waals surface area contributed by atoms with E-state index in [1.807, 2.05) is 6.07 Å². The van der Waals surface area contributed by atoms with E-state index in [1.165, 1.54) is 0 Å². The van der Waals surface area contributed by atoms with Gasteiger partial charge in [0.05, 0.1) is 4.90 Å². The molecule has 0 unspecified atom stereocenters. The second-order valence-corrected chi connectivity index (χ2v) is 7.31. The average Bonchev–Trinajstić information content (AvgIpc) is 3.25. The molecule has 1 aromatic heterocycles. The van der Waals surface area contributed by atoms with Gasteiger partial charge in [-0.15, -0.1) is 11.6 Å². The van der Waals surface area contributed by atoms with Crippen LogP contribution in [0.2, 0.25) is 0 Å². The van der Waals surface area contributed by atoms with Crippen molar-refractivity contribution in [2.24, 2.45) is 5.41 Å². The van der Waals surface area contributed by atoms with E-state index in [4.69, 9.17) is 11.6 Å². The predicted molar refractivity (Wildman–Crippen MR) is 79.3 cm³/mol. The van der Waals surface area contributed by atoms with Crippen molar-refractivity contribution in [3.63, 3.8) is 0 Å². The lowest BCUT2D eigenvalue weighted by molar-refractivity contribution is 0.535. The molecule has 1 aliphatic rings. The van der Waals surface area contributed by atoms with Crippen molar-refractivity contribution in [1.29, 1.82) is 0 Å². The highest BCUT2D eigenvalue weighted by molar-refractivity contribution is 7.89. The third-order valence-corrected chi connectivity index (χ3v) is 5.83. The van der Waals surface area contributed by atoms with E-state index in [9.17, 15) is 8.42 Å². The van der Waals surface area contributed by atoms with Crippen LogP contribution >= 0.6 is 11.6 Å². The van der Waals surface area contributed by atoms with Crippen LogP contribution in [0.15, 0.2) is 41.6 Å². The normalized spacial score (nSPS) is 17.2. The highest BCUT2D eigenvalue weighted by Crippen LogP contribution is 2.46. The number of benzene rings is 1. The molecule has 2 aromatic rings. The van der Waals surface area contributed by atoms with Crippen LogP contribution in [0.25, 0.3) is 10.8 Å². The van der Waals surface area contributed by atoms with Crippen LogP contribution in [0.4, 0.5) is 0 Å². The van der Waals surface area contributed by atoms with Crippen LogP contribution in [0.3, 0.4) is 0 Å². The Morgan fingerprint density at radius 3 is 2.80 bits per heavy atom. The summed E-state index contributed by atoms with van der Waals surface area (Å²) in [5.74, 6) is 0.495. The van der Waals surface area contributed by atoms with Gasteiger partial charge in [-0.05, 0) is 30.4 Å². The summed E-state index contributed by atoms with van der Waals surface area (Å²) < 4.78 is 27.6. The molecule has 0 aliphatic heterocycles. The first kappa shape index (κ1) is 13.8. The topological polar surface area (TPSA) is 59.1 Å². The quantitative estimate of drug-likeness (QED) is 0.863. The van der Waals surface area contributed by atoms with Crippen LogP contribution in [-0.4, -0.2) is 25.8 Å². The van der Waals surface area contributed by atoms with Gasteiger partial charge < -0.3 is 0 Å². The van der Waals surface area contributed by atoms with E-state index in [2.05, 4.69) is 9.71 Å². The number of sulfonamides is 1. The molecule has 106 valence electrons. The summed E-state index contributed by atoms with van der Waals surface area (Å²) >= 11 is 5.88. The van der Waals surface area contributed by atoms with E-state index in [-0.39, 0.29) is 5.41 Å². The molecule has 6 heteroatoms. The molecule has 0 radical (unpaired) electrons. The van der Waals surface area contributed by atoms with Gasteiger partial charge in [0, 0.05) is 35.6 Å². The summed E-state index contributed by atoms with van der Waals surface area (Å²) in [5, 5.41) is 1.50. The van der Waals surface area contributed by atoms with Gasteiger partial charge in [0.1, 0.15) is 0 Å². The number of hydrogen-bond donors (Lipinski definition) is 1. The molecule has 3 rings (SSSR count). The molecule has 1 N–H and O–H groups in total. The summed E-state index contributed by atoms with van der Waals surface area (Å²) in [5.41, 5.74) is -0.0409. The summed E-state index contributed by atoms with van der Waals surface area (Å²) in [6.07, 6.45) is 5.23. The highest BCUT2D eigenvalue weighted by Gasteiger charge is 2.42. The fourth-order valence-corrected chi connectivity index (χ4v) is 3.93. The van der Waals surface area contributed by atoms with Gasteiger partial charge in [-0.2, -0.15) is 0 Å². The molecule has 20 heavy (non-hydrogen) atoms. The van der Waals surface area contributed by atoms with E-state index in [0.29, 0.717) is 22.7 Å². The van der Waals surface area contributed by atoms with Crippen LogP contribution in [0.1, 0.15) is 12.8 Å². The predicted octanol–water partition coefficient (Wildman–Crippen LogP) is 2.53. The molecule has 1 aromatic carbocycles. The van der Waals surface area contributed by atoms with Crippen molar-refractivity contribution in [1.82, 2.24) is 9.71 Å². The van der Waals surface area contributed by atoms with Gasteiger partial charge in [0.25, 0.3) is 0 Å². The minimum absolute atomic E-state index is 0.0409. The number of aromatic nitrogens is 1. The monoisotopic (exact) mass is 310 g/mol. The molecular formula is C14H15ClN2O2S. The Morgan fingerprint density at radius 2 is 2.10 bits per heavy atom. The summed E-state index contributed by atoms with van der Waals surface area (Å²) in [6, 6.07) is 6.92. The van der Waals surface area contributed by atoms with Crippen molar-refractivity contribution >= 4 is 32.4 Å². The Labute approximate surface area is 123 Å². The van der Waals surface area contributed by atoms with Gasteiger partial charge in [-0.25, -0.2) is 13.1 Å². The first-order chi connectivity index (χ1) is 9.56. The molecule has 0 atom stereocenters. The summed E-state index contributed by atoms with van der Waals surface area (Å²) in [4.78, 5) is 4.31. The molecule has 1 saturated carbocycles. The second kappa shape index (κ2) is 4.98. The smallest absolute Gasteiger partial charge is 0.241 e. The van der Waals surface area contributed by atoms with Crippen molar-refractivity contribution in [2.75, 3.05) is 12.4 Å². The average molecular weight is 311 g/mol. The van der Waals surface area contributed by atoms with Gasteiger partial charge in [0.2, 0.25) is 10.0 Å². The third kappa shape index (κ3) is 2.53. The van der Waals surface area contributed by atoms with E-state index in [1.54, 1.807) is 30.6 Å². The largest absolute Gasteiger partial charge is 0.264 e. The van der Waals surface area contributed by atoms with E-state index < -0.39 is 10.0 Å². The first-order valence-corrected chi connectivity index (χ1v) is 8.47. The molecule has 0 bridgehead atoms. The Balaban J connectivity index is 1.93. The molecule has 0 saturated heterocycles. The molecule has 1 heterocycles.